The van der Waals surface area contributed by atoms with Crippen molar-refractivity contribution in [2.75, 3.05) is 37.7 Å². The van der Waals surface area contributed by atoms with Crippen molar-refractivity contribution >= 4 is 23.3 Å². The SMILES string of the molecule is C[C@H]1CCCN(C(=O)COC(=O)c2ccc(N3CCCC3)c([N+](=O)[O-])c2)C1. The van der Waals surface area contributed by atoms with Gasteiger partial charge in [0.2, 0.25) is 0 Å². The number of anilines is 1. The van der Waals surface area contributed by atoms with Crippen molar-refractivity contribution in [1.29, 1.82) is 0 Å². The number of carbonyl (C=O) groups is 2. The molecule has 146 valence electrons. The van der Waals surface area contributed by atoms with E-state index in [0.29, 0.717) is 24.7 Å². The molecular weight excluding hydrogens is 350 g/mol. The van der Waals surface area contributed by atoms with Gasteiger partial charge in [0, 0.05) is 32.2 Å². The van der Waals surface area contributed by atoms with Crippen LogP contribution in [0.1, 0.15) is 43.0 Å². The average Bonchev–Trinajstić information content (AvgIpc) is 3.19. The quantitative estimate of drug-likeness (QED) is 0.446. The molecule has 27 heavy (non-hydrogen) atoms. The minimum Gasteiger partial charge on any atom is -0.452 e. The van der Waals surface area contributed by atoms with Crippen LogP contribution < -0.4 is 4.90 Å². The van der Waals surface area contributed by atoms with Gasteiger partial charge in [-0.1, -0.05) is 6.92 Å². The number of piperidine rings is 1. The number of esters is 1. The molecule has 0 radical (unpaired) electrons. The molecule has 8 nitrogen and oxygen atoms in total. The first-order chi connectivity index (χ1) is 13.0. The fourth-order valence-electron chi connectivity index (χ4n) is 3.74. The third-order valence-corrected chi connectivity index (χ3v) is 5.19. The van der Waals surface area contributed by atoms with E-state index < -0.39 is 10.9 Å². The summed E-state index contributed by atoms with van der Waals surface area (Å²) >= 11 is 0. The summed E-state index contributed by atoms with van der Waals surface area (Å²) in [5.74, 6) is -0.498. The molecule has 2 aliphatic rings. The minimum absolute atomic E-state index is 0.0875. The molecular formula is C19H25N3O5. The number of hydrogen-bond acceptors (Lipinski definition) is 6. The molecule has 0 saturated carbocycles. The molecule has 0 spiro atoms. The van der Waals surface area contributed by atoms with E-state index in [0.717, 1.165) is 38.8 Å². The standard InChI is InChI=1S/C19H25N3O5/c1-14-5-4-10-21(12-14)18(23)13-27-19(24)15-6-7-16(17(11-15)22(25)26)20-8-2-3-9-20/h6-7,11,14H,2-5,8-10,12-13H2,1H3/t14-/m0/s1. The van der Waals surface area contributed by atoms with Crippen LogP contribution in [-0.4, -0.2) is 54.5 Å². The van der Waals surface area contributed by atoms with Gasteiger partial charge >= 0.3 is 5.97 Å². The third-order valence-electron chi connectivity index (χ3n) is 5.19. The Kier molecular flexibility index (Phi) is 5.93. The topological polar surface area (TPSA) is 93.0 Å². The van der Waals surface area contributed by atoms with Gasteiger partial charge in [-0.25, -0.2) is 4.79 Å². The Balaban J connectivity index is 1.64. The second kappa shape index (κ2) is 8.37. The number of rotatable bonds is 5. The predicted octanol–water partition coefficient (Wildman–Crippen LogP) is 2.61. The molecule has 0 aliphatic carbocycles. The van der Waals surface area contributed by atoms with Crippen LogP contribution in [0, 0.1) is 16.0 Å². The van der Waals surface area contributed by atoms with Crippen LogP contribution in [-0.2, 0) is 9.53 Å². The lowest BCUT2D eigenvalue weighted by Gasteiger charge is -2.30. The fraction of sp³-hybridized carbons (Fsp3) is 0.579. The van der Waals surface area contributed by atoms with Gasteiger partial charge in [0.15, 0.2) is 6.61 Å². The number of hydrogen-bond donors (Lipinski definition) is 0. The summed E-state index contributed by atoms with van der Waals surface area (Å²) in [6.07, 6.45) is 4.04. The first kappa shape index (κ1) is 19.1. The molecule has 0 aromatic heterocycles. The average molecular weight is 375 g/mol. The van der Waals surface area contributed by atoms with E-state index in [9.17, 15) is 19.7 Å². The zero-order valence-electron chi connectivity index (χ0n) is 15.6. The lowest BCUT2D eigenvalue weighted by atomic mass is 10.0. The molecule has 2 saturated heterocycles. The summed E-state index contributed by atoms with van der Waals surface area (Å²) in [6.45, 7) is 4.64. The van der Waals surface area contributed by atoms with E-state index in [1.807, 2.05) is 4.90 Å². The predicted molar refractivity (Wildman–Crippen MR) is 99.8 cm³/mol. The smallest absolute Gasteiger partial charge is 0.338 e. The van der Waals surface area contributed by atoms with Crippen LogP contribution in [0.15, 0.2) is 18.2 Å². The van der Waals surface area contributed by atoms with Crippen molar-refractivity contribution in [3.05, 3.63) is 33.9 Å². The molecule has 1 aromatic rings. The normalized spacial score (nSPS) is 19.8. The van der Waals surface area contributed by atoms with Crippen LogP contribution in [0.3, 0.4) is 0 Å². The molecule has 2 aliphatic heterocycles. The maximum Gasteiger partial charge on any atom is 0.338 e. The van der Waals surface area contributed by atoms with Gasteiger partial charge in [-0.15, -0.1) is 0 Å². The zero-order valence-corrected chi connectivity index (χ0v) is 15.6. The van der Waals surface area contributed by atoms with Gasteiger partial charge in [0.1, 0.15) is 5.69 Å². The second-order valence-corrected chi connectivity index (χ2v) is 7.32. The van der Waals surface area contributed by atoms with Crippen LogP contribution in [0.25, 0.3) is 0 Å². The summed E-state index contributed by atoms with van der Waals surface area (Å²) in [4.78, 5) is 39.1. The van der Waals surface area contributed by atoms with Crippen molar-refractivity contribution in [3.63, 3.8) is 0 Å². The van der Waals surface area contributed by atoms with Gasteiger partial charge in [-0.2, -0.15) is 0 Å². The van der Waals surface area contributed by atoms with E-state index in [1.165, 1.54) is 12.1 Å². The molecule has 3 rings (SSSR count). The van der Waals surface area contributed by atoms with Crippen molar-refractivity contribution in [1.82, 2.24) is 4.90 Å². The number of nitrogens with zero attached hydrogens (tertiary/aromatic N) is 3. The number of ether oxygens (including phenoxy) is 1. The first-order valence-electron chi connectivity index (χ1n) is 9.44. The van der Waals surface area contributed by atoms with Gasteiger partial charge < -0.3 is 14.5 Å². The highest BCUT2D eigenvalue weighted by Crippen LogP contribution is 2.31. The minimum atomic E-state index is -0.718. The summed E-state index contributed by atoms with van der Waals surface area (Å²) in [6, 6.07) is 4.36. The van der Waals surface area contributed by atoms with Crippen molar-refractivity contribution in [2.24, 2.45) is 5.92 Å². The van der Waals surface area contributed by atoms with Crippen molar-refractivity contribution in [2.45, 2.75) is 32.6 Å². The number of amides is 1. The Labute approximate surface area is 158 Å². The number of nitro groups is 1. The summed E-state index contributed by atoms with van der Waals surface area (Å²) in [5, 5.41) is 11.4. The largest absolute Gasteiger partial charge is 0.452 e. The van der Waals surface area contributed by atoms with Gasteiger partial charge in [0.05, 0.1) is 10.5 Å². The summed E-state index contributed by atoms with van der Waals surface area (Å²) < 4.78 is 5.11. The van der Waals surface area contributed by atoms with E-state index >= 15 is 0 Å². The maximum absolute atomic E-state index is 12.3. The van der Waals surface area contributed by atoms with E-state index in [1.54, 1.807) is 11.0 Å². The van der Waals surface area contributed by atoms with Crippen LogP contribution >= 0.6 is 0 Å². The maximum atomic E-state index is 12.3. The van der Waals surface area contributed by atoms with Gasteiger partial charge in [0.25, 0.3) is 11.6 Å². The molecule has 0 unspecified atom stereocenters. The fourth-order valence-corrected chi connectivity index (χ4v) is 3.74. The van der Waals surface area contributed by atoms with Crippen LogP contribution in [0.2, 0.25) is 0 Å². The first-order valence-corrected chi connectivity index (χ1v) is 9.44. The molecule has 8 heteroatoms. The molecule has 2 fully saturated rings. The van der Waals surface area contributed by atoms with Crippen molar-refractivity contribution < 1.29 is 19.2 Å². The number of carbonyl (C=O) groups excluding carboxylic acids is 2. The Bertz CT molecular complexity index is 730. The van der Waals surface area contributed by atoms with Gasteiger partial charge in [-0.05, 0) is 43.7 Å². The van der Waals surface area contributed by atoms with Crippen molar-refractivity contribution in [3.8, 4) is 0 Å². The van der Waals surface area contributed by atoms with Crippen LogP contribution in [0.5, 0.6) is 0 Å². The van der Waals surface area contributed by atoms with E-state index in [4.69, 9.17) is 4.74 Å². The highest BCUT2D eigenvalue weighted by Gasteiger charge is 2.25. The summed E-state index contributed by atoms with van der Waals surface area (Å²) in [7, 11) is 0. The van der Waals surface area contributed by atoms with Crippen LogP contribution in [0.4, 0.5) is 11.4 Å². The highest BCUT2D eigenvalue weighted by atomic mass is 16.6. The Morgan fingerprint density at radius 3 is 2.63 bits per heavy atom. The summed E-state index contributed by atoms with van der Waals surface area (Å²) in [5.41, 5.74) is 0.499. The molecule has 0 N–H and O–H groups in total. The molecule has 1 amide bonds. The second-order valence-electron chi connectivity index (χ2n) is 7.32. The van der Waals surface area contributed by atoms with E-state index in [2.05, 4.69) is 6.92 Å². The zero-order chi connectivity index (χ0) is 19.4. The Morgan fingerprint density at radius 2 is 1.96 bits per heavy atom. The molecule has 1 aromatic carbocycles. The Morgan fingerprint density at radius 1 is 1.22 bits per heavy atom. The Hall–Kier alpha value is -2.64. The third kappa shape index (κ3) is 4.56. The lowest BCUT2D eigenvalue weighted by molar-refractivity contribution is -0.384. The number of benzene rings is 1. The highest BCUT2D eigenvalue weighted by molar-refractivity contribution is 5.93. The number of likely N-dealkylation sites (tertiary alicyclic amines) is 1. The molecule has 2 heterocycles. The molecule has 0 bridgehead atoms. The lowest BCUT2D eigenvalue weighted by Crippen LogP contribution is -2.41. The molecule has 1 atom stereocenters. The monoisotopic (exact) mass is 375 g/mol. The van der Waals surface area contributed by atoms with E-state index in [-0.39, 0.29) is 23.8 Å². The van der Waals surface area contributed by atoms with Gasteiger partial charge in [-0.3, -0.25) is 14.9 Å². The number of nitro benzene ring substituents is 1.